The van der Waals surface area contributed by atoms with Gasteiger partial charge in [0, 0.05) is 13.5 Å². The number of esters is 1. The van der Waals surface area contributed by atoms with Gasteiger partial charge in [0.05, 0.1) is 17.5 Å². The van der Waals surface area contributed by atoms with Crippen molar-refractivity contribution in [1.82, 2.24) is 14.9 Å². The third-order valence-corrected chi connectivity index (χ3v) is 3.19. The molecule has 0 saturated heterocycles. The lowest BCUT2D eigenvalue weighted by molar-refractivity contribution is -0.149. The van der Waals surface area contributed by atoms with Crippen molar-refractivity contribution in [2.24, 2.45) is 0 Å². The number of benzene rings is 1. The number of hydrogen-bond acceptors (Lipinski definition) is 4. The Labute approximate surface area is 131 Å². The first kappa shape index (κ1) is 16.9. The number of alkyl halides is 2. The van der Waals surface area contributed by atoms with Crippen molar-refractivity contribution in [3.63, 3.8) is 0 Å². The van der Waals surface area contributed by atoms with E-state index in [1.807, 2.05) is 0 Å². The molecular formula is C15H17F2N3O3. The van der Waals surface area contributed by atoms with E-state index in [-0.39, 0.29) is 30.2 Å². The van der Waals surface area contributed by atoms with E-state index in [0.29, 0.717) is 5.52 Å². The number of hydrogen-bond donors (Lipinski definition) is 1. The highest BCUT2D eigenvalue weighted by molar-refractivity contribution is 5.76. The van der Waals surface area contributed by atoms with Crippen molar-refractivity contribution in [2.45, 2.75) is 32.9 Å². The highest BCUT2D eigenvalue weighted by atomic mass is 19.3. The third-order valence-electron chi connectivity index (χ3n) is 3.19. The van der Waals surface area contributed by atoms with E-state index < -0.39 is 18.6 Å². The summed E-state index contributed by atoms with van der Waals surface area (Å²) in [5.74, 6) is -0.876. The average Bonchev–Trinajstić information content (AvgIpc) is 2.86. The van der Waals surface area contributed by atoms with E-state index >= 15 is 0 Å². The van der Waals surface area contributed by atoms with E-state index in [9.17, 15) is 18.4 Å². The van der Waals surface area contributed by atoms with Gasteiger partial charge in [0.2, 0.25) is 5.91 Å². The van der Waals surface area contributed by atoms with E-state index in [2.05, 4.69) is 10.3 Å². The zero-order chi connectivity index (χ0) is 17.0. The van der Waals surface area contributed by atoms with E-state index in [4.69, 9.17) is 4.74 Å². The van der Waals surface area contributed by atoms with Crippen LogP contribution in [0.4, 0.5) is 8.78 Å². The standard InChI is InChI=1S/C15H17F2N3O3/c1-9(23-13(22)7-8-18-10(2)21)14-19-11-5-3-4-6-12(11)20(14)15(16)17/h3-6,9,15H,7-8H2,1-2H3,(H,18,21). The number of imidazole rings is 1. The summed E-state index contributed by atoms with van der Waals surface area (Å²) in [4.78, 5) is 26.6. The lowest BCUT2D eigenvalue weighted by Crippen LogP contribution is -2.24. The minimum atomic E-state index is -2.79. The predicted octanol–water partition coefficient (Wildman–Crippen LogP) is 2.56. The Bertz CT molecular complexity index is 715. The first-order valence-corrected chi connectivity index (χ1v) is 7.09. The molecule has 23 heavy (non-hydrogen) atoms. The number of ether oxygens (including phenoxy) is 1. The molecule has 0 aliphatic carbocycles. The molecule has 1 aromatic heterocycles. The van der Waals surface area contributed by atoms with Crippen LogP contribution in [0, 0.1) is 0 Å². The van der Waals surface area contributed by atoms with Crippen LogP contribution in [0.2, 0.25) is 0 Å². The molecule has 1 heterocycles. The molecule has 2 rings (SSSR count). The number of aromatic nitrogens is 2. The van der Waals surface area contributed by atoms with Gasteiger partial charge in [-0.05, 0) is 19.1 Å². The van der Waals surface area contributed by atoms with Crippen LogP contribution in [0.25, 0.3) is 11.0 Å². The topological polar surface area (TPSA) is 73.2 Å². The highest BCUT2D eigenvalue weighted by Crippen LogP contribution is 2.28. The van der Waals surface area contributed by atoms with Crippen LogP contribution >= 0.6 is 0 Å². The Morgan fingerprint density at radius 3 is 2.70 bits per heavy atom. The third kappa shape index (κ3) is 4.02. The maximum atomic E-state index is 13.3. The zero-order valence-corrected chi connectivity index (χ0v) is 12.8. The molecule has 0 spiro atoms. The molecule has 2 aromatic rings. The van der Waals surface area contributed by atoms with Crippen LogP contribution in [0.5, 0.6) is 0 Å². The largest absolute Gasteiger partial charge is 0.454 e. The quantitative estimate of drug-likeness (QED) is 0.829. The smallest absolute Gasteiger partial charge is 0.320 e. The average molecular weight is 325 g/mol. The first-order chi connectivity index (χ1) is 10.9. The van der Waals surface area contributed by atoms with Crippen LogP contribution in [0.1, 0.15) is 38.7 Å². The van der Waals surface area contributed by atoms with Crippen molar-refractivity contribution >= 4 is 22.9 Å². The van der Waals surface area contributed by atoms with Gasteiger partial charge in [0.1, 0.15) is 0 Å². The summed E-state index contributed by atoms with van der Waals surface area (Å²) in [6, 6.07) is 6.47. The summed E-state index contributed by atoms with van der Waals surface area (Å²) in [5.41, 5.74) is 0.683. The van der Waals surface area contributed by atoms with Crippen molar-refractivity contribution in [3.8, 4) is 0 Å². The normalized spacial score (nSPS) is 12.4. The minimum absolute atomic E-state index is 0.0194. The van der Waals surface area contributed by atoms with Crippen molar-refractivity contribution in [2.75, 3.05) is 6.54 Å². The number of rotatable bonds is 6. The Kier molecular flexibility index (Phi) is 5.25. The molecule has 1 aromatic carbocycles. The molecule has 0 aliphatic rings. The van der Waals surface area contributed by atoms with Crippen molar-refractivity contribution in [3.05, 3.63) is 30.1 Å². The lowest BCUT2D eigenvalue weighted by atomic mass is 10.3. The second kappa shape index (κ2) is 7.17. The van der Waals surface area contributed by atoms with Crippen LogP contribution in [0.3, 0.4) is 0 Å². The predicted molar refractivity (Wildman–Crippen MR) is 78.8 cm³/mol. The fraction of sp³-hybridized carbons (Fsp3) is 0.400. The number of fused-ring (bicyclic) bond motifs is 1. The van der Waals surface area contributed by atoms with Crippen LogP contribution in [-0.2, 0) is 14.3 Å². The monoisotopic (exact) mass is 325 g/mol. The van der Waals surface area contributed by atoms with Gasteiger partial charge in [-0.2, -0.15) is 8.78 Å². The van der Waals surface area contributed by atoms with Gasteiger partial charge in [-0.3, -0.25) is 14.2 Å². The summed E-state index contributed by atoms with van der Waals surface area (Å²) < 4.78 is 32.5. The minimum Gasteiger partial charge on any atom is -0.454 e. The molecule has 0 saturated carbocycles. The molecule has 0 bridgehead atoms. The Hall–Kier alpha value is -2.51. The van der Waals surface area contributed by atoms with Gasteiger partial charge < -0.3 is 10.1 Å². The Morgan fingerprint density at radius 1 is 1.35 bits per heavy atom. The number of nitrogens with zero attached hydrogens (tertiary/aromatic N) is 2. The van der Waals surface area contributed by atoms with Gasteiger partial charge in [-0.1, -0.05) is 12.1 Å². The SMILES string of the molecule is CC(=O)NCCC(=O)OC(C)c1nc2ccccc2n1C(F)F. The Balaban J connectivity index is 2.14. The Morgan fingerprint density at radius 2 is 2.04 bits per heavy atom. The van der Waals surface area contributed by atoms with Gasteiger partial charge >= 0.3 is 12.5 Å². The summed E-state index contributed by atoms with van der Waals surface area (Å²) in [6.45, 7) is 0.152. The number of para-hydroxylation sites is 2. The van der Waals surface area contributed by atoms with Gasteiger partial charge in [-0.25, -0.2) is 4.98 Å². The molecule has 1 atom stereocenters. The molecule has 0 radical (unpaired) electrons. The summed E-state index contributed by atoms with van der Waals surface area (Å²) in [7, 11) is 0. The second-order valence-electron chi connectivity index (χ2n) is 4.97. The van der Waals surface area contributed by atoms with Crippen LogP contribution in [-0.4, -0.2) is 28.0 Å². The van der Waals surface area contributed by atoms with Gasteiger partial charge in [0.25, 0.3) is 0 Å². The highest BCUT2D eigenvalue weighted by Gasteiger charge is 2.24. The van der Waals surface area contributed by atoms with Crippen molar-refractivity contribution < 1.29 is 23.1 Å². The van der Waals surface area contributed by atoms with E-state index in [0.717, 1.165) is 4.57 Å². The number of carbonyl (C=O) groups is 2. The number of amides is 1. The van der Waals surface area contributed by atoms with Gasteiger partial charge in [0.15, 0.2) is 11.9 Å². The molecule has 0 aliphatic heterocycles. The molecule has 124 valence electrons. The zero-order valence-electron chi connectivity index (χ0n) is 12.8. The first-order valence-electron chi connectivity index (χ1n) is 7.09. The van der Waals surface area contributed by atoms with Crippen molar-refractivity contribution in [1.29, 1.82) is 0 Å². The molecule has 1 unspecified atom stereocenters. The molecule has 1 amide bonds. The maximum Gasteiger partial charge on any atom is 0.320 e. The number of carbonyl (C=O) groups excluding carboxylic acids is 2. The molecule has 1 N–H and O–H groups in total. The molecule has 0 fully saturated rings. The van der Waals surface area contributed by atoms with Gasteiger partial charge in [-0.15, -0.1) is 0 Å². The molecule has 6 nitrogen and oxygen atoms in total. The maximum absolute atomic E-state index is 13.3. The summed E-state index contributed by atoms with van der Waals surface area (Å²) in [6.07, 6.45) is -0.972. The summed E-state index contributed by atoms with van der Waals surface area (Å²) >= 11 is 0. The molecule has 8 heteroatoms. The van der Waals surface area contributed by atoms with E-state index in [1.54, 1.807) is 18.2 Å². The van der Waals surface area contributed by atoms with E-state index in [1.165, 1.54) is 19.9 Å². The molecular weight excluding hydrogens is 308 g/mol. The number of nitrogens with one attached hydrogen (secondary N) is 1. The number of halogens is 2. The fourth-order valence-corrected chi connectivity index (χ4v) is 2.20. The fourth-order valence-electron chi connectivity index (χ4n) is 2.20. The summed E-state index contributed by atoms with van der Waals surface area (Å²) in [5, 5.41) is 2.46. The second-order valence-corrected chi connectivity index (χ2v) is 4.97. The van der Waals surface area contributed by atoms with Crippen LogP contribution in [0.15, 0.2) is 24.3 Å². The lowest BCUT2D eigenvalue weighted by Gasteiger charge is -2.15. The van der Waals surface area contributed by atoms with Crippen LogP contribution < -0.4 is 5.32 Å².